The monoisotopic (exact) mass is 364 g/mol. The second kappa shape index (κ2) is 11.6. The van der Waals surface area contributed by atoms with E-state index in [-0.39, 0.29) is 13.2 Å². The summed E-state index contributed by atoms with van der Waals surface area (Å²) < 4.78 is 20.1. The van der Waals surface area contributed by atoms with E-state index in [2.05, 4.69) is 10.6 Å². The van der Waals surface area contributed by atoms with Crippen molar-refractivity contribution >= 4 is 12.2 Å². The molecule has 142 valence electrons. The number of carbonyl (C=O) groups is 2. The lowest BCUT2D eigenvalue weighted by Gasteiger charge is -2.07. The summed E-state index contributed by atoms with van der Waals surface area (Å²) in [6.07, 6.45) is 5.74. The molecular weight excluding hydrogens is 340 g/mol. The van der Waals surface area contributed by atoms with Crippen molar-refractivity contribution < 1.29 is 27.9 Å². The Bertz CT molecular complexity index is 568. The van der Waals surface area contributed by atoms with Crippen molar-refractivity contribution in [2.24, 2.45) is 0 Å². The third-order valence-corrected chi connectivity index (χ3v) is 3.49. The summed E-state index contributed by atoms with van der Waals surface area (Å²) in [5, 5.41) is 5.37. The van der Waals surface area contributed by atoms with Crippen molar-refractivity contribution in [2.45, 2.75) is 38.9 Å². The molecule has 0 radical (unpaired) electrons. The van der Waals surface area contributed by atoms with Gasteiger partial charge in [0.15, 0.2) is 13.2 Å². The Labute approximate surface area is 151 Å². The third-order valence-electron chi connectivity index (χ3n) is 3.49. The highest BCUT2D eigenvalue weighted by atomic mass is 16.6. The van der Waals surface area contributed by atoms with E-state index in [1.54, 1.807) is 24.3 Å². The number of carbonyl (C=O) groups excluding carboxylic acids is 2. The molecule has 0 aliphatic heterocycles. The molecule has 2 rings (SSSR count). The highest BCUT2D eigenvalue weighted by Crippen LogP contribution is 2.03. The fourth-order valence-electron chi connectivity index (χ4n) is 2.15. The summed E-state index contributed by atoms with van der Waals surface area (Å²) in [7, 11) is 0. The van der Waals surface area contributed by atoms with E-state index in [1.807, 2.05) is 0 Å². The Morgan fingerprint density at radius 3 is 1.62 bits per heavy atom. The van der Waals surface area contributed by atoms with Crippen molar-refractivity contribution in [3.63, 3.8) is 0 Å². The molecule has 0 bridgehead atoms. The first-order valence-corrected chi connectivity index (χ1v) is 8.60. The molecule has 2 aromatic heterocycles. The van der Waals surface area contributed by atoms with Gasteiger partial charge in [0.25, 0.3) is 0 Å². The second-order valence-corrected chi connectivity index (χ2v) is 5.58. The van der Waals surface area contributed by atoms with E-state index in [0.29, 0.717) is 24.6 Å². The van der Waals surface area contributed by atoms with Gasteiger partial charge >= 0.3 is 12.2 Å². The van der Waals surface area contributed by atoms with Gasteiger partial charge in [0.2, 0.25) is 0 Å². The molecule has 26 heavy (non-hydrogen) atoms. The molecule has 8 nitrogen and oxygen atoms in total. The van der Waals surface area contributed by atoms with E-state index < -0.39 is 12.2 Å². The van der Waals surface area contributed by atoms with Gasteiger partial charge in [-0.3, -0.25) is 0 Å². The smallest absolute Gasteiger partial charge is 0.407 e. The van der Waals surface area contributed by atoms with Crippen LogP contribution in [-0.2, 0) is 22.7 Å². The zero-order chi connectivity index (χ0) is 18.5. The average molecular weight is 364 g/mol. The standard InChI is InChI=1S/C18H24N2O6/c21-17(25-13-15-7-5-11-23-15)19-9-3-1-2-4-10-20-18(22)26-14-16-8-6-12-24-16/h5-8,11-12H,1-4,9-10,13-14H2,(H,19,21)(H,20,22). The number of furan rings is 2. The van der Waals surface area contributed by atoms with Gasteiger partial charge in [0, 0.05) is 13.1 Å². The van der Waals surface area contributed by atoms with Crippen LogP contribution in [0.1, 0.15) is 37.2 Å². The molecule has 0 saturated carbocycles. The molecule has 2 aromatic rings. The Morgan fingerprint density at radius 1 is 0.769 bits per heavy atom. The van der Waals surface area contributed by atoms with Crippen molar-refractivity contribution in [1.82, 2.24) is 10.6 Å². The number of rotatable bonds is 11. The first kappa shape index (κ1) is 19.4. The Balaban J connectivity index is 1.36. The number of hydrogen-bond acceptors (Lipinski definition) is 6. The zero-order valence-corrected chi connectivity index (χ0v) is 14.6. The highest BCUT2D eigenvalue weighted by Gasteiger charge is 2.04. The number of amides is 2. The van der Waals surface area contributed by atoms with Crippen LogP contribution in [0.2, 0.25) is 0 Å². The van der Waals surface area contributed by atoms with Gasteiger partial charge in [0.05, 0.1) is 12.5 Å². The number of hydrogen-bond donors (Lipinski definition) is 2. The quantitative estimate of drug-likeness (QED) is 0.591. The van der Waals surface area contributed by atoms with Crippen LogP contribution in [0.25, 0.3) is 0 Å². The van der Waals surface area contributed by atoms with Crippen molar-refractivity contribution in [3.05, 3.63) is 48.3 Å². The van der Waals surface area contributed by atoms with Gasteiger partial charge in [-0.15, -0.1) is 0 Å². The number of alkyl carbamates (subject to hydrolysis) is 2. The maximum Gasteiger partial charge on any atom is 0.407 e. The topological polar surface area (TPSA) is 103 Å². The molecule has 0 aromatic carbocycles. The average Bonchev–Trinajstić information content (AvgIpc) is 3.34. The molecule has 2 amide bonds. The van der Waals surface area contributed by atoms with Gasteiger partial charge in [-0.05, 0) is 37.1 Å². The SMILES string of the molecule is O=C(NCCCCCCNC(=O)OCc1ccco1)OCc1ccco1. The van der Waals surface area contributed by atoms with Crippen LogP contribution in [0.3, 0.4) is 0 Å². The van der Waals surface area contributed by atoms with Gasteiger partial charge in [-0.25, -0.2) is 9.59 Å². The summed E-state index contributed by atoms with van der Waals surface area (Å²) in [6.45, 7) is 1.35. The minimum atomic E-state index is -0.456. The second-order valence-electron chi connectivity index (χ2n) is 5.58. The lowest BCUT2D eigenvalue weighted by Crippen LogP contribution is -2.25. The van der Waals surface area contributed by atoms with Crippen LogP contribution in [0.5, 0.6) is 0 Å². The van der Waals surface area contributed by atoms with E-state index in [0.717, 1.165) is 25.7 Å². The fourth-order valence-corrected chi connectivity index (χ4v) is 2.15. The molecule has 2 N–H and O–H groups in total. The molecule has 8 heteroatoms. The van der Waals surface area contributed by atoms with Gasteiger partial charge in [-0.1, -0.05) is 12.8 Å². The Morgan fingerprint density at radius 2 is 1.23 bits per heavy atom. The first-order valence-electron chi connectivity index (χ1n) is 8.60. The molecule has 0 fully saturated rings. The fraction of sp³-hybridized carbons (Fsp3) is 0.444. The first-order chi connectivity index (χ1) is 12.7. The normalized spacial score (nSPS) is 10.3. The van der Waals surface area contributed by atoms with Gasteiger partial charge in [0.1, 0.15) is 11.5 Å². The summed E-state index contributed by atoms with van der Waals surface area (Å²) in [5.41, 5.74) is 0. The zero-order valence-electron chi connectivity index (χ0n) is 14.6. The third kappa shape index (κ3) is 8.27. The summed E-state index contributed by atoms with van der Waals surface area (Å²) in [4.78, 5) is 22.9. The number of unbranched alkanes of at least 4 members (excludes halogenated alkanes) is 3. The molecule has 0 atom stereocenters. The Kier molecular flexibility index (Phi) is 8.68. The maximum absolute atomic E-state index is 11.5. The highest BCUT2D eigenvalue weighted by molar-refractivity contribution is 5.67. The lowest BCUT2D eigenvalue weighted by atomic mass is 10.2. The van der Waals surface area contributed by atoms with Crippen LogP contribution in [0.15, 0.2) is 45.6 Å². The maximum atomic E-state index is 11.5. The summed E-state index contributed by atoms with van der Waals surface area (Å²) in [5.74, 6) is 1.21. The van der Waals surface area contributed by atoms with Crippen LogP contribution in [-0.4, -0.2) is 25.3 Å². The number of nitrogens with one attached hydrogen (secondary N) is 2. The van der Waals surface area contributed by atoms with Gasteiger partial charge in [-0.2, -0.15) is 0 Å². The van der Waals surface area contributed by atoms with E-state index in [4.69, 9.17) is 18.3 Å². The molecule has 0 aliphatic carbocycles. The number of ether oxygens (including phenoxy) is 2. The van der Waals surface area contributed by atoms with Crippen molar-refractivity contribution in [2.75, 3.05) is 13.1 Å². The molecule has 0 spiro atoms. The van der Waals surface area contributed by atoms with E-state index in [1.165, 1.54) is 12.5 Å². The molecular formula is C18H24N2O6. The molecule has 2 heterocycles. The minimum absolute atomic E-state index is 0.126. The molecule has 0 aliphatic rings. The van der Waals surface area contributed by atoms with Crippen molar-refractivity contribution in [3.8, 4) is 0 Å². The minimum Gasteiger partial charge on any atom is -0.466 e. The van der Waals surface area contributed by atoms with Crippen LogP contribution in [0.4, 0.5) is 9.59 Å². The van der Waals surface area contributed by atoms with Crippen LogP contribution < -0.4 is 10.6 Å². The molecule has 0 unspecified atom stereocenters. The van der Waals surface area contributed by atoms with E-state index in [9.17, 15) is 9.59 Å². The lowest BCUT2D eigenvalue weighted by molar-refractivity contribution is 0.130. The summed E-state index contributed by atoms with van der Waals surface area (Å²) >= 11 is 0. The predicted molar refractivity (Wildman–Crippen MR) is 92.3 cm³/mol. The predicted octanol–water partition coefficient (Wildman–Crippen LogP) is 3.59. The molecule has 0 saturated heterocycles. The van der Waals surface area contributed by atoms with Gasteiger partial charge < -0.3 is 28.9 Å². The van der Waals surface area contributed by atoms with Crippen LogP contribution >= 0.6 is 0 Å². The van der Waals surface area contributed by atoms with Crippen molar-refractivity contribution in [1.29, 1.82) is 0 Å². The summed E-state index contributed by atoms with van der Waals surface area (Å²) in [6, 6.07) is 6.97. The van der Waals surface area contributed by atoms with Crippen LogP contribution in [0, 0.1) is 0 Å². The van der Waals surface area contributed by atoms with E-state index >= 15 is 0 Å². The largest absolute Gasteiger partial charge is 0.466 e. The Hall–Kier alpha value is -2.90.